The van der Waals surface area contributed by atoms with E-state index in [1.165, 1.54) is 6.21 Å². The standard InChI is InChI=1S/C17H15ClN2O4/c1-11-6-7-13(14(18)8-11)17(23)20-19-9-12-4-2-3-5-15(12)24-10-16(21)22/h2-9H,10H2,1H3,(H,20,23)(H,21,22)/b19-9-. The van der Waals surface area contributed by atoms with Crippen LogP contribution in [0.2, 0.25) is 5.02 Å². The molecule has 24 heavy (non-hydrogen) atoms. The van der Waals surface area contributed by atoms with Gasteiger partial charge in [0, 0.05) is 5.56 Å². The third-order valence-electron chi connectivity index (χ3n) is 3.01. The number of nitrogens with zero attached hydrogens (tertiary/aromatic N) is 1. The number of aryl methyl sites for hydroxylation is 1. The third-order valence-corrected chi connectivity index (χ3v) is 3.32. The molecule has 6 nitrogen and oxygen atoms in total. The Hall–Kier alpha value is -2.86. The molecule has 124 valence electrons. The highest BCUT2D eigenvalue weighted by atomic mass is 35.5. The Morgan fingerprint density at radius 2 is 2.04 bits per heavy atom. The van der Waals surface area contributed by atoms with Crippen LogP contribution in [0.15, 0.2) is 47.6 Å². The zero-order valence-corrected chi connectivity index (χ0v) is 13.6. The average Bonchev–Trinajstić information content (AvgIpc) is 2.53. The number of carbonyl (C=O) groups excluding carboxylic acids is 1. The average molecular weight is 347 g/mol. The van der Waals surface area contributed by atoms with E-state index in [0.717, 1.165) is 5.56 Å². The molecule has 2 aromatic carbocycles. The van der Waals surface area contributed by atoms with Crippen LogP contribution in [0.5, 0.6) is 5.75 Å². The summed E-state index contributed by atoms with van der Waals surface area (Å²) in [6.45, 7) is 1.41. The molecule has 0 unspecified atom stereocenters. The first-order valence-electron chi connectivity index (χ1n) is 7.00. The number of rotatable bonds is 6. The second kappa shape index (κ2) is 8.12. The van der Waals surface area contributed by atoms with E-state index in [4.69, 9.17) is 21.4 Å². The summed E-state index contributed by atoms with van der Waals surface area (Å²) in [5.74, 6) is -1.17. The van der Waals surface area contributed by atoms with Gasteiger partial charge in [-0.3, -0.25) is 4.79 Å². The van der Waals surface area contributed by atoms with E-state index in [-0.39, 0.29) is 0 Å². The largest absolute Gasteiger partial charge is 0.481 e. The van der Waals surface area contributed by atoms with Crippen molar-refractivity contribution in [1.82, 2.24) is 5.43 Å². The molecule has 0 heterocycles. The van der Waals surface area contributed by atoms with Crippen molar-refractivity contribution in [3.05, 3.63) is 64.2 Å². The quantitative estimate of drug-likeness (QED) is 0.622. The van der Waals surface area contributed by atoms with E-state index in [1.54, 1.807) is 42.5 Å². The van der Waals surface area contributed by atoms with E-state index in [2.05, 4.69) is 10.5 Å². The zero-order chi connectivity index (χ0) is 17.5. The maximum Gasteiger partial charge on any atom is 0.341 e. The maximum absolute atomic E-state index is 12.0. The lowest BCUT2D eigenvalue weighted by molar-refractivity contribution is -0.139. The Morgan fingerprint density at radius 3 is 2.75 bits per heavy atom. The van der Waals surface area contributed by atoms with Crippen LogP contribution >= 0.6 is 11.6 Å². The van der Waals surface area contributed by atoms with E-state index >= 15 is 0 Å². The molecule has 2 N–H and O–H groups in total. The Morgan fingerprint density at radius 1 is 1.29 bits per heavy atom. The molecule has 1 amide bonds. The number of carbonyl (C=O) groups is 2. The van der Waals surface area contributed by atoms with E-state index in [0.29, 0.717) is 21.9 Å². The molecule has 0 aliphatic carbocycles. The zero-order valence-electron chi connectivity index (χ0n) is 12.8. The highest BCUT2D eigenvalue weighted by Gasteiger charge is 2.09. The second-order valence-corrected chi connectivity index (χ2v) is 5.31. The van der Waals surface area contributed by atoms with Crippen molar-refractivity contribution < 1.29 is 19.4 Å². The van der Waals surface area contributed by atoms with Gasteiger partial charge < -0.3 is 9.84 Å². The van der Waals surface area contributed by atoms with Gasteiger partial charge in [-0.15, -0.1) is 0 Å². The normalized spacial score (nSPS) is 10.6. The molecule has 0 bridgehead atoms. The smallest absolute Gasteiger partial charge is 0.341 e. The van der Waals surface area contributed by atoms with Crippen LogP contribution in [0.25, 0.3) is 0 Å². The van der Waals surface area contributed by atoms with Gasteiger partial charge in [0.2, 0.25) is 0 Å². The highest BCUT2D eigenvalue weighted by Crippen LogP contribution is 2.18. The second-order valence-electron chi connectivity index (χ2n) is 4.90. The lowest BCUT2D eigenvalue weighted by Crippen LogP contribution is -2.18. The minimum absolute atomic E-state index is 0.315. The van der Waals surface area contributed by atoms with Crippen molar-refractivity contribution >= 4 is 29.7 Å². The molecule has 0 atom stereocenters. The predicted octanol–water partition coefficient (Wildman–Crippen LogP) is 2.88. The van der Waals surface area contributed by atoms with Crippen LogP contribution in [0.3, 0.4) is 0 Å². The van der Waals surface area contributed by atoms with Crippen LogP contribution in [-0.2, 0) is 4.79 Å². The van der Waals surface area contributed by atoms with Crippen LogP contribution < -0.4 is 10.2 Å². The number of aliphatic carboxylic acids is 1. The van der Waals surface area contributed by atoms with Crippen LogP contribution in [0.4, 0.5) is 0 Å². The van der Waals surface area contributed by atoms with E-state index in [9.17, 15) is 9.59 Å². The minimum Gasteiger partial charge on any atom is -0.481 e. The molecule has 0 aliphatic heterocycles. The maximum atomic E-state index is 12.0. The summed E-state index contributed by atoms with van der Waals surface area (Å²) in [6, 6.07) is 11.8. The predicted molar refractivity (Wildman–Crippen MR) is 90.8 cm³/mol. The van der Waals surface area contributed by atoms with Gasteiger partial charge >= 0.3 is 5.97 Å². The van der Waals surface area contributed by atoms with Gasteiger partial charge in [-0.2, -0.15) is 5.10 Å². The van der Waals surface area contributed by atoms with Crippen LogP contribution in [0.1, 0.15) is 21.5 Å². The Balaban J connectivity index is 2.06. The monoisotopic (exact) mass is 346 g/mol. The minimum atomic E-state index is -1.08. The topological polar surface area (TPSA) is 88.0 Å². The van der Waals surface area contributed by atoms with Gasteiger partial charge in [-0.05, 0) is 36.8 Å². The molecule has 0 aliphatic rings. The fourth-order valence-corrected chi connectivity index (χ4v) is 2.20. The molecular weight excluding hydrogens is 332 g/mol. The number of hydrogen-bond donors (Lipinski definition) is 2. The molecule has 0 radical (unpaired) electrons. The number of para-hydroxylation sites is 1. The first kappa shape index (κ1) is 17.5. The number of halogens is 1. The van der Waals surface area contributed by atoms with Crippen molar-refractivity contribution in [2.24, 2.45) is 5.10 Å². The first-order chi connectivity index (χ1) is 11.5. The Bertz CT molecular complexity index is 790. The molecule has 0 spiro atoms. The van der Waals surface area contributed by atoms with Gasteiger partial charge in [0.1, 0.15) is 5.75 Å². The number of carboxylic acid groups (broad SMARTS) is 1. The Kier molecular flexibility index (Phi) is 5.92. The van der Waals surface area contributed by atoms with Gasteiger partial charge in [-0.1, -0.05) is 29.8 Å². The van der Waals surface area contributed by atoms with Crippen LogP contribution in [0, 0.1) is 6.92 Å². The van der Waals surface area contributed by atoms with Gasteiger partial charge in [0.15, 0.2) is 6.61 Å². The summed E-state index contributed by atoms with van der Waals surface area (Å²) < 4.78 is 5.15. The van der Waals surface area contributed by atoms with Crippen molar-refractivity contribution in [2.75, 3.05) is 6.61 Å². The SMILES string of the molecule is Cc1ccc(C(=O)N/N=C\c2ccccc2OCC(=O)O)c(Cl)c1. The molecule has 0 fully saturated rings. The summed E-state index contributed by atoms with van der Waals surface area (Å²) in [7, 11) is 0. The number of nitrogens with one attached hydrogen (secondary N) is 1. The number of amides is 1. The van der Waals surface area contributed by atoms with Crippen molar-refractivity contribution in [1.29, 1.82) is 0 Å². The highest BCUT2D eigenvalue weighted by molar-refractivity contribution is 6.33. The molecule has 2 aromatic rings. The molecule has 0 saturated carbocycles. The number of hydrazone groups is 1. The summed E-state index contributed by atoms with van der Waals surface area (Å²) in [6.07, 6.45) is 1.37. The van der Waals surface area contributed by atoms with Crippen molar-refractivity contribution in [2.45, 2.75) is 6.92 Å². The molecule has 0 saturated heterocycles. The van der Waals surface area contributed by atoms with E-state index < -0.39 is 18.5 Å². The molecule has 2 rings (SSSR count). The van der Waals surface area contributed by atoms with Gasteiger partial charge in [0.25, 0.3) is 5.91 Å². The number of carboxylic acids is 1. The summed E-state index contributed by atoms with van der Waals surface area (Å²) >= 11 is 6.03. The fourth-order valence-electron chi connectivity index (χ4n) is 1.88. The summed E-state index contributed by atoms with van der Waals surface area (Å²) in [5, 5.41) is 12.9. The van der Waals surface area contributed by atoms with E-state index in [1.807, 2.05) is 6.92 Å². The molecular formula is C17H15ClN2O4. The number of benzene rings is 2. The van der Waals surface area contributed by atoms with Crippen LogP contribution in [-0.4, -0.2) is 29.8 Å². The van der Waals surface area contributed by atoms with Crippen molar-refractivity contribution in [3.63, 3.8) is 0 Å². The number of hydrogen-bond acceptors (Lipinski definition) is 4. The third kappa shape index (κ3) is 4.82. The van der Waals surface area contributed by atoms with Gasteiger partial charge in [-0.25, -0.2) is 10.2 Å². The lowest BCUT2D eigenvalue weighted by Gasteiger charge is -2.06. The summed E-state index contributed by atoms with van der Waals surface area (Å²) in [5.41, 5.74) is 4.17. The van der Waals surface area contributed by atoms with Gasteiger partial charge in [0.05, 0.1) is 16.8 Å². The molecule has 0 aromatic heterocycles. The summed E-state index contributed by atoms with van der Waals surface area (Å²) in [4.78, 5) is 22.6. The first-order valence-corrected chi connectivity index (χ1v) is 7.38. The molecule has 7 heteroatoms. The van der Waals surface area contributed by atoms with Crippen molar-refractivity contribution in [3.8, 4) is 5.75 Å². The Labute approximate surface area is 143 Å². The number of ether oxygens (including phenoxy) is 1. The lowest BCUT2D eigenvalue weighted by atomic mass is 10.1. The fraction of sp³-hybridized carbons (Fsp3) is 0.118.